The summed E-state index contributed by atoms with van der Waals surface area (Å²) in [5, 5.41) is 9.71. The van der Waals surface area contributed by atoms with Crippen LogP contribution in [0.3, 0.4) is 0 Å². The van der Waals surface area contributed by atoms with E-state index >= 15 is 0 Å². The first-order chi connectivity index (χ1) is 10.5. The minimum atomic E-state index is -1.15. The molecule has 22 heavy (non-hydrogen) atoms. The van der Waals surface area contributed by atoms with E-state index in [9.17, 15) is 14.3 Å². The number of carboxylic acid groups (broad SMARTS) is 1. The first-order valence-corrected chi connectivity index (χ1v) is 6.93. The van der Waals surface area contributed by atoms with Crippen molar-refractivity contribution in [3.05, 3.63) is 64.4 Å². The highest BCUT2D eigenvalue weighted by Gasteiger charge is 2.16. The molecular weight excluding hydrogens is 305 g/mol. The van der Waals surface area contributed by atoms with Crippen molar-refractivity contribution < 1.29 is 14.3 Å². The maximum absolute atomic E-state index is 14.1. The molecule has 0 spiro atoms. The van der Waals surface area contributed by atoms with Gasteiger partial charge in [-0.15, -0.1) is 0 Å². The average Bonchev–Trinajstić information content (AvgIpc) is 2.47. The summed E-state index contributed by atoms with van der Waals surface area (Å²) in [5.41, 5.74) is 2.18. The Bertz CT molecular complexity index is 891. The number of benzene rings is 2. The SMILES string of the molecule is Cc1ccc(-c2cc(C(=O)O)c3cc(Cl)cc(F)c3n2)cc1. The molecule has 0 unspecified atom stereocenters. The number of rotatable bonds is 2. The predicted octanol–water partition coefficient (Wildman–Crippen LogP) is 4.70. The van der Waals surface area contributed by atoms with Crippen molar-refractivity contribution in [3.63, 3.8) is 0 Å². The molecule has 0 bridgehead atoms. The summed E-state index contributed by atoms with van der Waals surface area (Å²) in [5.74, 6) is -1.79. The molecule has 0 aliphatic rings. The lowest BCUT2D eigenvalue weighted by atomic mass is 10.0. The van der Waals surface area contributed by atoms with Crippen molar-refractivity contribution in [2.75, 3.05) is 0 Å². The molecular formula is C17H11ClFNO2. The Morgan fingerprint density at radius 3 is 2.50 bits per heavy atom. The van der Waals surface area contributed by atoms with Gasteiger partial charge < -0.3 is 5.11 Å². The molecule has 0 amide bonds. The van der Waals surface area contributed by atoms with Gasteiger partial charge in [-0.2, -0.15) is 0 Å². The zero-order valence-electron chi connectivity index (χ0n) is 11.6. The fourth-order valence-electron chi connectivity index (χ4n) is 2.30. The molecule has 0 saturated carbocycles. The van der Waals surface area contributed by atoms with Crippen molar-refractivity contribution in [3.8, 4) is 11.3 Å². The van der Waals surface area contributed by atoms with Gasteiger partial charge in [0, 0.05) is 16.0 Å². The lowest BCUT2D eigenvalue weighted by Crippen LogP contribution is -2.01. The van der Waals surface area contributed by atoms with Gasteiger partial charge in [0.2, 0.25) is 0 Å². The zero-order valence-corrected chi connectivity index (χ0v) is 12.4. The molecule has 5 heteroatoms. The topological polar surface area (TPSA) is 50.2 Å². The van der Waals surface area contributed by atoms with E-state index < -0.39 is 11.8 Å². The number of aromatic carboxylic acids is 1. The second kappa shape index (κ2) is 5.39. The number of aryl methyl sites for hydroxylation is 1. The Morgan fingerprint density at radius 1 is 1.18 bits per heavy atom. The number of halogens is 2. The van der Waals surface area contributed by atoms with Crippen molar-refractivity contribution in [1.29, 1.82) is 0 Å². The molecule has 0 fully saturated rings. The highest BCUT2D eigenvalue weighted by atomic mass is 35.5. The van der Waals surface area contributed by atoms with Crippen molar-refractivity contribution in [2.24, 2.45) is 0 Å². The van der Waals surface area contributed by atoms with Crippen LogP contribution in [-0.4, -0.2) is 16.1 Å². The Morgan fingerprint density at radius 2 is 1.86 bits per heavy atom. The van der Waals surface area contributed by atoms with E-state index in [2.05, 4.69) is 4.98 Å². The molecule has 1 N–H and O–H groups in total. The third kappa shape index (κ3) is 2.53. The lowest BCUT2D eigenvalue weighted by molar-refractivity contribution is 0.0699. The van der Waals surface area contributed by atoms with Crippen LogP contribution in [0.2, 0.25) is 5.02 Å². The van der Waals surface area contributed by atoms with E-state index in [0.717, 1.165) is 17.2 Å². The quantitative estimate of drug-likeness (QED) is 0.745. The molecule has 1 heterocycles. The summed E-state index contributed by atoms with van der Waals surface area (Å²) < 4.78 is 14.1. The summed E-state index contributed by atoms with van der Waals surface area (Å²) in [6.45, 7) is 1.95. The fraction of sp³-hybridized carbons (Fsp3) is 0.0588. The third-order valence-electron chi connectivity index (χ3n) is 3.41. The number of carboxylic acids is 1. The number of aromatic nitrogens is 1. The molecule has 3 rings (SSSR count). The van der Waals surface area contributed by atoms with Gasteiger partial charge in [0.15, 0.2) is 5.82 Å². The molecule has 110 valence electrons. The largest absolute Gasteiger partial charge is 0.478 e. The summed E-state index contributed by atoms with van der Waals surface area (Å²) in [6.07, 6.45) is 0. The summed E-state index contributed by atoms with van der Waals surface area (Å²) in [6, 6.07) is 11.4. The van der Waals surface area contributed by atoms with Gasteiger partial charge in [-0.1, -0.05) is 41.4 Å². The molecule has 3 aromatic rings. The van der Waals surface area contributed by atoms with E-state index in [1.54, 1.807) is 0 Å². The number of pyridine rings is 1. The monoisotopic (exact) mass is 315 g/mol. The van der Waals surface area contributed by atoms with E-state index in [0.29, 0.717) is 5.69 Å². The fourth-order valence-corrected chi connectivity index (χ4v) is 2.51. The van der Waals surface area contributed by atoms with Crippen LogP contribution >= 0.6 is 11.6 Å². The molecule has 0 atom stereocenters. The van der Waals surface area contributed by atoms with E-state index in [4.69, 9.17) is 11.6 Å². The van der Waals surface area contributed by atoms with Crippen LogP contribution in [0.1, 0.15) is 15.9 Å². The molecule has 2 aromatic carbocycles. The second-order valence-corrected chi connectivity index (χ2v) is 5.45. The predicted molar refractivity (Wildman–Crippen MR) is 83.8 cm³/mol. The lowest BCUT2D eigenvalue weighted by Gasteiger charge is -2.08. The number of hydrogen-bond acceptors (Lipinski definition) is 2. The highest BCUT2D eigenvalue weighted by molar-refractivity contribution is 6.31. The van der Waals surface area contributed by atoms with Crippen molar-refractivity contribution in [2.45, 2.75) is 6.92 Å². The molecule has 0 aliphatic heterocycles. The van der Waals surface area contributed by atoms with E-state index in [-0.39, 0.29) is 21.5 Å². The van der Waals surface area contributed by atoms with E-state index in [1.165, 1.54) is 12.1 Å². The van der Waals surface area contributed by atoms with Crippen LogP contribution in [0.25, 0.3) is 22.2 Å². The number of carbonyl (C=O) groups is 1. The second-order valence-electron chi connectivity index (χ2n) is 5.01. The van der Waals surface area contributed by atoms with Crippen molar-refractivity contribution in [1.82, 2.24) is 4.98 Å². The van der Waals surface area contributed by atoms with Gasteiger partial charge in [-0.05, 0) is 25.1 Å². The Hall–Kier alpha value is -2.46. The van der Waals surface area contributed by atoms with Gasteiger partial charge in [-0.3, -0.25) is 0 Å². The van der Waals surface area contributed by atoms with Crippen LogP contribution < -0.4 is 0 Å². The van der Waals surface area contributed by atoms with Crippen LogP contribution in [-0.2, 0) is 0 Å². The summed E-state index contributed by atoms with van der Waals surface area (Å²) in [7, 11) is 0. The summed E-state index contributed by atoms with van der Waals surface area (Å²) in [4.78, 5) is 15.7. The summed E-state index contributed by atoms with van der Waals surface area (Å²) >= 11 is 5.81. The van der Waals surface area contributed by atoms with Gasteiger partial charge in [0.25, 0.3) is 0 Å². The molecule has 0 saturated heterocycles. The minimum absolute atomic E-state index is 0.000116. The minimum Gasteiger partial charge on any atom is -0.478 e. The highest BCUT2D eigenvalue weighted by Crippen LogP contribution is 2.29. The standard InChI is InChI=1S/C17H11ClFNO2/c1-9-2-4-10(5-3-9)15-8-13(17(21)22)12-6-11(18)7-14(19)16(12)20-15/h2-8H,1H3,(H,21,22). The zero-order chi connectivity index (χ0) is 15.9. The normalized spacial score (nSPS) is 10.9. The first-order valence-electron chi connectivity index (χ1n) is 6.56. The van der Waals surface area contributed by atoms with E-state index in [1.807, 2.05) is 31.2 Å². The Balaban J connectivity index is 2.34. The Labute approximate surface area is 131 Å². The van der Waals surface area contributed by atoms with Gasteiger partial charge >= 0.3 is 5.97 Å². The number of hydrogen-bond donors (Lipinski definition) is 1. The molecule has 0 aliphatic carbocycles. The van der Waals surface area contributed by atoms with Crippen LogP contribution in [0.4, 0.5) is 4.39 Å². The molecule has 3 nitrogen and oxygen atoms in total. The number of fused-ring (bicyclic) bond motifs is 1. The van der Waals surface area contributed by atoms with Crippen LogP contribution in [0.5, 0.6) is 0 Å². The molecule has 0 radical (unpaired) electrons. The number of nitrogens with zero attached hydrogens (tertiary/aromatic N) is 1. The van der Waals surface area contributed by atoms with Gasteiger partial charge in [-0.25, -0.2) is 14.2 Å². The third-order valence-corrected chi connectivity index (χ3v) is 3.63. The maximum atomic E-state index is 14.1. The average molecular weight is 316 g/mol. The van der Waals surface area contributed by atoms with Crippen LogP contribution in [0.15, 0.2) is 42.5 Å². The maximum Gasteiger partial charge on any atom is 0.336 e. The van der Waals surface area contributed by atoms with Gasteiger partial charge in [0.1, 0.15) is 5.52 Å². The molecule has 1 aromatic heterocycles. The van der Waals surface area contributed by atoms with Gasteiger partial charge in [0.05, 0.1) is 11.3 Å². The smallest absolute Gasteiger partial charge is 0.336 e. The Kier molecular flexibility index (Phi) is 3.54. The van der Waals surface area contributed by atoms with Crippen molar-refractivity contribution >= 4 is 28.5 Å². The van der Waals surface area contributed by atoms with Crippen LogP contribution in [0, 0.1) is 12.7 Å². The first kappa shape index (κ1) is 14.5.